The van der Waals surface area contributed by atoms with Crippen LogP contribution in [0.15, 0.2) is 30.3 Å². The molecule has 24 heavy (non-hydrogen) atoms. The molecule has 1 aliphatic heterocycles. The highest BCUT2D eigenvalue weighted by atomic mass is 16.3. The van der Waals surface area contributed by atoms with Crippen molar-refractivity contribution in [3.8, 4) is 0 Å². The number of rotatable bonds is 5. The Hall–Kier alpha value is -1.88. The Labute approximate surface area is 144 Å². The van der Waals surface area contributed by atoms with Crippen LogP contribution in [-0.4, -0.2) is 41.5 Å². The van der Waals surface area contributed by atoms with Gasteiger partial charge in [-0.3, -0.25) is 9.59 Å². The Morgan fingerprint density at radius 1 is 1.25 bits per heavy atom. The largest absolute Gasteiger partial charge is 0.376 e. The summed E-state index contributed by atoms with van der Waals surface area (Å²) >= 11 is 0. The second-order valence-electron chi connectivity index (χ2n) is 7.07. The zero-order valence-corrected chi connectivity index (χ0v) is 14.8. The van der Waals surface area contributed by atoms with Crippen LogP contribution in [-0.2, 0) is 15.2 Å². The summed E-state index contributed by atoms with van der Waals surface area (Å²) in [6, 6.07) is 8.95. The third kappa shape index (κ3) is 4.35. The van der Waals surface area contributed by atoms with Gasteiger partial charge in [0, 0.05) is 25.6 Å². The lowest BCUT2D eigenvalue weighted by molar-refractivity contribution is -0.140. The average molecular weight is 332 g/mol. The van der Waals surface area contributed by atoms with Crippen LogP contribution in [0, 0.1) is 11.8 Å². The normalized spacial score (nSPS) is 18.3. The highest BCUT2D eigenvalue weighted by molar-refractivity contribution is 5.85. The number of nitrogens with one attached hydrogen (secondary N) is 1. The fraction of sp³-hybridized carbons (Fsp3) is 0.579. The topological polar surface area (TPSA) is 69.6 Å². The number of hydrogen-bond acceptors (Lipinski definition) is 3. The summed E-state index contributed by atoms with van der Waals surface area (Å²) < 4.78 is 0. The smallest absolute Gasteiger partial charge is 0.256 e. The molecule has 1 aromatic rings. The summed E-state index contributed by atoms with van der Waals surface area (Å²) in [6.45, 7) is 7.37. The number of carbonyl (C=O) groups is 2. The van der Waals surface area contributed by atoms with E-state index in [-0.39, 0.29) is 17.7 Å². The first-order valence-corrected chi connectivity index (χ1v) is 8.67. The number of aliphatic hydroxyl groups is 1. The van der Waals surface area contributed by atoms with Crippen molar-refractivity contribution in [1.82, 2.24) is 10.2 Å². The number of nitrogens with zero attached hydrogens (tertiary/aromatic N) is 1. The Kier molecular flexibility index (Phi) is 5.99. The molecule has 1 atom stereocenters. The molecule has 132 valence electrons. The molecule has 2 amide bonds. The summed E-state index contributed by atoms with van der Waals surface area (Å²) in [4.78, 5) is 26.2. The van der Waals surface area contributed by atoms with Gasteiger partial charge in [-0.2, -0.15) is 0 Å². The van der Waals surface area contributed by atoms with Gasteiger partial charge < -0.3 is 15.3 Å². The van der Waals surface area contributed by atoms with Crippen molar-refractivity contribution in [2.75, 3.05) is 19.6 Å². The van der Waals surface area contributed by atoms with Crippen molar-refractivity contribution in [1.29, 1.82) is 0 Å². The number of amides is 2. The Balaban J connectivity index is 1.82. The van der Waals surface area contributed by atoms with Gasteiger partial charge in [0.15, 0.2) is 5.60 Å². The molecule has 1 aliphatic rings. The van der Waals surface area contributed by atoms with E-state index in [0.29, 0.717) is 18.0 Å². The Morgan fingerprint density at radius 2 is 1.83 bits per heavy atom. The number of hydrogen-bond donors (Lipinski definition) is 2. The fourth-order valence-corrected chi connectivity index (χ4v) is 3.03. The van der Waals surface area contributed by atoms with Crippen molar-refractivity contribution in [2.24, 2.45) is 11.8 Å². The second-order valence-corrected chi connectivity index (χ2v) is 7.07. The van der Waals surface area contributed by atoms with Crippen LogP contribution in [0.25, 0.3) is 0 Å². The summed E-state index contributed by atoms with van der Waals surface area (Å²) in [5.41, 5.74) is -0.949. The molecule has 1 saturated heterocycles. The molecular formula is C19H28N2O3. The van der Waals surface area contributed by atoms with Crippen LogP contribution in [0.5, 0.6) is 0 Å². The Bertz CT molecular complexity index is 561. The molecule has 0 saturated carbocycles. The molecule has 2 rings (SSSR count). The number of likely N-dealkylation sites (tertiary alicyclic amines) is 1. The van der Waals surface area contributed by atoms with E-state index in [1.807, 2.05) is 24.8 Å². The molecular weight excluding hydrogens is 304 g/mol. The summed E-state index contributed by atoms with van der Waals surface area (Å²) in [7, 11) is 0. The van der Waals surface area contributed by atoms with E-state index in [1.54, 1.807) is 24.3 Å². The van der Waals surface area contributed by atoms with Gasteiger partial charge in [0.25, 0.3) is 5.91 Å². The molecule has 0 radical (unpaired) electrons. The maximum atomic E-state index is 12.3. The van der Waals surface area contributed by atoms with Crippen LogP contribution in [0.3, 0.4) is 0 Å². The van der Waals surface area contributed by atoms with Gasteiger partial charge in [0.2, 0.25) is 5.91 Å². The molecule has 0 aromatic heterocycles. The van der Waals surface area contributed by atoms with E-state index in [0.717, 1.165) is 25.9 Å². The number of piperidine rings is 1. The van der Waals surface area contributed by atoms with Crippen LogP contribution in [0.4, 0.5) is 0 Å². The molecule has 1 aromatic carbocycles. The molecule has 1 fully saturated rings. The second kappa shape index (κ2) is 7.79. The Morgan fingerprint density at radius 3 is 2.38 bits per heavy atom. The van der Waals surface area contributed by atoms with Crippen molar-refractivity contribution < 1.29 is 14.7 Å². The SMILES string of the molecule is CC(C)C(=O)N1CCC(CNC(=O)C(C)(O)c2ccccc2)CC1. The number of carbonyl (C=O) groups excluding carboxylic acids is 2. The summed E-state index contributed by atoms with van der Waals surface area (Å²) in [5, 5.41) is 13.4. The van der Waals surface area contributed by atoms with Gasteiger partial charge in [-0.15, -0.1) is 0 Å². The number of benzene rings is 1. The van der Waals surface area contributed by atoms with E-state index >= 15 is 0 Å². The van der Waals surface area contributed by atoms with E-state index in [9.17, 15) is 14.7 Å². The first-order valence-electron chi connectivity index (χ1n) is 8.67. The van der Waals surface area contributed by atoms with Gasteiger partial charge in [-0.05, 0) is 31.2 Å². The van der Waals surface area contributed by atoms with Crippen LogP contribution in [0.1, 0.15) is 39.2 Å². The minimum Gasteiger partial charge on any atom is -0.376 e. The molecule has 1 unspecified atom stereocenters. The molecule has 0 spiro atoms. The fourth-order valence-electron chi connectivity index (χ4n) is 3.03. The lowest BCUT2D eigenvalue weighted by Gasteiger charge is -2.33. The molecule has 0 bridgehead atoms. The third-order valence-electron chi connectivity index (χ3n) is 4.75. The maximum absolute atomic E-state index is 12.3. The molecule has 1 heterocycles. The van der Waals surface area contributed by atoms with Crippen molar-refractivity contribution in [3.63, 3.8) is 0 Å². The van der Waals surface area contributed by atoms with E-state index in [2.05, 4.69) is 5.32 Å². The average Bonchev–Trinajstić information content (AvgIpc) is 2.60. The van der Waals surface area contributed by atoms with Crippen molar-refractivity contribution in [3.05, 3.63) is 35.9 Å². The van der Waals surface area contributed by atoms with E-state index in [4.69, 9.17) is 0 Å². The maximum Gasteiger partial charge on any atom is 0.256 e. The predicted molar refractivity (Wildman–Crippen MR) is 93.2 cm³/mol. The summed E-state index contributed by atoms with van der Waals surface area (Å²) in [5.74, 6) is 0.192. The lowest BCUT2D eigenvalue weighted by Crippen LogP contribution is -2.46. The molecule has 2 N–H and O–H groups in total. The summed E-state index contributed by atoms with van der Waals surface area (Å²) in [6.07, 6.45) is 1.76. The van der Waals surface area contributed by atoms with Gasteiger partial charge in [0.1, 0.15) is 0 Å². The lowest BCUT2D eigenvalue weighted by atomic mass is 9.93. The zero-order chi connectivity index (χ0) is 17.7. The zero-order valence-electron chi connectivity index (χ0n) is 14.8. The highest BCUT2D eigenvalue weighted by Gasteiger charge is 2.33. The monoisotopic (exact) mass is 332 g/mol. The van der Waals surface area contributed by atoms with Gasteiger partial charge in [0.05, 0.1) is 0 Å². The van der Waals surface area contributed by atoms with Gasteiger partial charge in [-0.25, -0.2) is 0 Å². The van der Waals surface area contributed by atoms with Gasteiger partial charge in [-0.1, -0.05) is 44.2 Å². The molecule has 0 aliphatic carbocycles. The van der Waals surface area contributed by atoms with E-state index in [1.165, 1.54) is 6.92 Å². The molecule has 5 nitrogen and oxygen atoms in total. The van der Waals surface area contributed by atoms with Crippen LogP contribution >= 0.6 is 0 Å². The minimum absolute atomic E-state index is 0.0298. The van der Waals surface area contributed by atoms with E-state index < -0.39 is 5.60 Å². The predicted octanol–water partition coefficient (Wildman–Crippen LogP) is 1.90. The van der Waals surface area contributed by atoms with Crippen molar-refractivity contribution in [2.45, 2.75) is 39.2 Å². The highest BCUT2D eigenvalue weighted by Crippen LogP contribution is 2.22. The quantitative estimate of drug-likeness (QED) is 0.865. The minimum atomic E-state index is -1.53. The molecule has 5 heteroatoms. The van der Waals surface area contributed by atoms with Crippen LogP contribution < -0.4 is 5.32 Å². The standard InChI is InChI=1S/C19H28N2O3/c1-14(2)17(22)21-11-9-15(10-12-21)13-20-18(23)19(3,24)16-7-5-4-6-8-16/h4-8,14-15,24H,9-13H2,1-3H3,(H,20,23). The van der Waals surface area contributed by atoms with Crippen molar-refractivity contribution >= 4 is 11.8 Å². The third-order valence-corrected chi connectivity index (χ3v) is 4.75. The van der Waals surface area contributed by atoms with Crippen LogP contribution in [0.2, 0.25) is 0 Å². The first kappa shape index (κ1) is 18.5. The first-order chi connectivity index (χ1) is 11.3. The van der Waals surface area contributed by atoms with Gasteiger partial charge >= 0.3 is 0 Å².